The van der Waals surface area contributed by atoms with E-state index in [4.69, 9.17) is 0 Å². The molecule has 2 aliphatic rings. The van der Waals surface area contributed by atoms with E-state index < -0.39 is 10.0 Å². The third kappa shape index (κ3) is 5.45. The number of aliphatic imine (C=N–C) groups is 1. The molecule has 3 rings (SSSR count). The molecule has 0 atom stereocenters. The third-order valence-electron chi connectivity index (χ3n) is 5.34. The van der Waals surface area contributed by atoms with Gasteiger partial charge in [0.15, 0.2) is 5.96 Å². The minimum absolute atomic E-state index is 0.383. The molecule has 0 radical (unpaired) electrons. The largest absolute Gasteiger partial charge is 0.357 e. The number of hydrogen-bond donors (Lipinski definition) is 2. The van der Waals surface area contributed by atoms with Crippen molar-refractivity contribution in [1.29, 1.82) is 0 Å². The molecule has 1 aliphatic carbocycles. The van der Waals surface area contributed by atoms with Gasteiger partial charge in [0.2, 0.25) is 10.0 Å². The van der Waals surface area contributed by atoms with Crippen LogP contribution in [0.2, 0.25) is 0 Å². The highest BCUT2D eigenvalue weighted by Gasteiger charge is 2.25. The van der Waals surface area contributed by atoms with Crippen LogP contribution in [0, 0.1) is 0 Å². The molecule has 1 aliphatic heterocycles. The molecule has 1 saturated heterocycles. The molecular formula is C20H32N4O2S. The zero-order valence-electron chi connectivity index (χ0n) is 16.3. The average molecular weight is 393 g/mol. The second-order valence-electron chi connectivity index (χ2n) is 7.43. The lowest BCUT2D eigenvalue weighted by molar-refractivity contribution is 0.346. The van der Waals surface area contributed by atoms with Crippen LogP contribution in [0.15, 0.2) is 34.2 Å². The fourth-order valence-corrected chi connectivity index (χ4v) is 5.29. The van der Waals surface area contributed by atoms with Gasteiger partial charge < -0.3 is 10.6 Å². The zero-order chi connectivity index (χ0) is 19.1. The Bertz CT molecular complexity index is 719. The lowest BCUT2D eigenvalue weighted by Gasteiger charge is -2.25. The summed E-state index contributed by atoms with van der Waals surface area (Å²) >= 11 is 0. The molecule has 7 heteroatoms. The Morgan fingerprint density at radius 3 is 2.37 bits per heavy atom. The summed E-state index contributed by atoms with van der Waals surface area (Å²) in [4.78, 5) is 5.05. The van der Waals surface area contributed by atoms with Crippen LogP contribution in [0.3, 0.4) is 0 Å². The van der Waals surface area contributed by atoms with Crippen molar-refractivity contribution in [3.8, 4) is 0 Å². The van der Waals surface area contributed by atoms with Gasteiger partial charge in [0.1, 0.15) is 0 Å². The number of guanidine groups is 1. The van der Waals surface area contributed by atoms with Crippen molar-refractivity contribution in [2.24, 2.45) is 4.99 Å². The summed E-state index contributed by atoms with van der Waals surface area (Å²) < 4.78 is 27.1. The fraction of sp³-hybridized carbons (Fsp3) is 0.650. The molecule has 0 amide bonds. The smallest absolute Gasteiger partial charge is 0.243 e. The first-order valence-electron chi connectivity index (χ1n) is 10.2. The molecule has 27 heavy (non-hydrogen) atoms. The Kier molecular flexibility index (Phi) is 7.13. The van der Waals surface area contributed by atoms with E-state index >= 15 is 0 Å². The standard InChI is InChI=1S/C20H32N4O2S/c1-2-21-20(23-18-8-4-5-9-18)22-16-17-10-12-19(13-11-17)27(25,26)24-14-6-3-7-15-24/h10-13,18H,2-9,14-16H2,1H3,(H2,21,22,23). The van der Waals surface area contributed by atoms with E-state index in [1.165, 1.54) is 25.7 Å². The van der Waals surface area contributed by atoms with Gasteiger partial charge >= 0.3 is 0 Å². The second kappa shape index (κ2) is 9.55. The van der Waals surface area contributed by atoms with E-state index in [2.05, 4.69) is 22.5 Å². The molecule has 1 heterocycles. The van der Waals surface area contributed by atoms with Crippen LogP contribution >= 0.6 is 0 Å². The van der Waals surface area contributed by atoms with Crippen LogP contribution in [0.25, 0.3) is 0 Å². The maximum atomic E-state index is 12.7. The maximum absolute atomic E-state index is 12.7. The summed E-state index contributed by atoms with van der Waals surface area (Å²) in [5.74, 6) is 0.842. The Balaban J connectivity index is 1.63. The van der Waals surface area contributed by atoms with Gasteiger partial charge in [-0.05, 0) is 50.3 Å². The van der Waals surface area contributed by atoms with E-state index in [1.807, 2.05) is 12.1 Å². The van der Waals surface area contributed by atoms with Crippen LogP contribution in [0.1, 0.15) is 57.4 Å². The quantitative estimate of drug-likeness (QED) is 0.577. The molecule has 0 bridgehead atoms. The molecule has 1 aromatic rings. The number of nitrogens with zero attached hydrogens (tertiary/aromatic N) is 2. The topological polar surface area (TPSA) is 73.8 Å². The first-order chi connectivity index (χ1) is 13.1. The highest BCUT2D eigenvalue weighted by Crippen LogP contribution is 2.21. The van der Waals surface area contributed by atoms with Crippen molar-refractivity contribution in [3.63, 3.8) is 0 Å². The zero-order valence-corrected chi connectivity index (χ0v) is 17.1. The van der Waals surface area contributed by atoms with E-state index in [1.54, 1.807) is 16.4 Å². The first kappa shape index (κ1) is 20.1. The Hall–Kier alpha value is -1.60. The minimum Gasteiger partial charge on any atom is -0.357 e. The fourth-order valence-electron chi connectivity index (χ4n) is 3.78. The summed E-state index contributed by atoms with van der Waals surface area (Å²) in [6, 6.07) is 7.69. The number of benzene rings is 1. The van der Waals surface area contributed by atoms with Gasteiger partial charge in [-0.3, -0.25) is 0 Å². The normalized spacial score (nSPS) is 20.0. The summed E-state index contributed by atoms with van der Waals surface area (Å²) in [6.07, 6.45) is 7.99. The monoisotopic (exact) mass is 392 g/mol. The van der Waals surface area contributed by atoms with Gasteiger partial charge in [-0.1, -0.05) is 31.4 Å². The number of piperidine rings is 1. The van der Waals surface area contributed by atoms with Crippen molar-refractivity contribution in [3.05, 3.63) is 29.8 Å². The summed E-state index contributed by atoms with van der Waals surface area (Å²) in [5.41, 5.74) is 1.01. The van der Waals surface area contributed by atoms with Crippen LogP contribution in [-0.4, -0.2) is 44.4 Å². The molecule has 150 valence electrons. The van der Waals surface area contributed by atoms with Crippen LogP contribution in [0.5, 0.6) is 0 Å². The molecular weight excluding hydrogens is 360 g/mol. The maximum Gasteiger partial charge on any atom is 0.243 e. The van der Waals surface area contributed by atoms with E-state index in [9.17, 15) is 8.42 Å². The number of hydrogen-bond acceptors (Lipinski definition) is 3. The molecule has 2 fully saturated rings. The van der Waals surface area contributed by atoms with Crippen molar-refractivity contribution in [2.45, 2.75) is 69.4 Å². The van der Waals surface area contributed by atoms with Crippen LogP contribution < -0.4 is 10.6 Å². The van der Waals surface area contributed by atoms with Crippen LogP contribution in [-0.2, 0) is 16.6 Å². The highest BCUT2D eigenvalue weighted by atomic mass is 32.2. The van der Waals surface area contributed by atoms with Gasteiger partial charge in [-0.25, -0.2) is 13.4 Å². The van der Waals surface area contributed by atoms with Gasteiger partial charge in [-0.15, -0.1) is 0 Å². The number of rotatable bonds is 6. The summed E-state index contributed by atoms with van der Waals surface area (Å²) in [7, 11) is -3.36. The Morgan fingerprint density at radius 1 is 1.07 bits per heavy atom. The first-order valence-corrected chi connectivity index (χ1v) is 11.7. The minimum atomic E-state index is -3.36. The third-order valence-corrected chi connectivity index (χ3v) is 7.25. The summed E-state index contributed by atoms with van der Waals surface area (Å²) in [5, 5.41) is 6.80. The SMILES string of the molecule is CCNC(=NCc1ccc(S(=O)(=O)N2CCCCC2)cc1)NC1CCCC1. The number of nitrogens with one attached hydrogen (secondary N) is 2. The predicted octanol–water partition coefficient (Wildman–Crippen LogP) is 2.86. The predicted molar refractivity (Wildman–Crippen MR) is 109 cm³/mol. The lowest BCUT2D eigenvalue weighted by atomic mass is 10.2. The van der Waals surface area contributed by atoms with Crippen LogP contribution in [0.4, 0.5) is 0 Å². The lowest BCUT2D eigenvalue weighted by Crippen LogP contribution is -2.42. The van der Waals surface area contributed by atoms with E-state index in [0.717, 1.165) is 37.3 Å². The van der Waals surface area contributed by atoms with Crippen molar-refractivity contribution in [1.82, 2.24) is 14.9 Å². The Labute approximate surface area is 163 Å². The van der Waals surface area contributed by atoms with Gasteiger partial charge in [-0.2, -0.15) is 4.31 Å². The van der Waals surface area contributed by atoms with Crippen molar-refractivity contribution in [2.75, 3.05) is 19.6 Å². The Morgan fingerprint density at radius 2 is 1.74 bits per heavy atom. The highest BCUT2D eigenvalue weighted by molar-refractivity contribution is 7.89. The average Bonchev–Trinajstić information content (AvgIpc) is 3.20. The van der Waals surface area contributed by atoms with Crippen molar-refractivity contribution < 1.29 is 8.42 Å². The molecule has 0 aromatic heterocycles. The molecule has 0 unspecified atom stereocenters. The number of sulfonamides is 1. The van der Waals surface area contributed by atoms with Gasteiger partial charge in [0, 0.05) is 25.7 Å². The van der Waals surface area contributed by atoms with Gasteiger partial charge in [0.05, 0.1) is 11.4 Å². The molecule has 1 saturated carbocycles. The van der Waals surface area contributed by atoms with Gasteiger partial charge in [0.25, 0.3) is 0 Å². The molecule has 1 aromatic carbocycles. The van der Waals surface area contributed by atoms with E-state index in [0.29, 0.717) is 30.6 Å². The summed E-state index contributed by atoms with van der Waals surface area (Å²) in [6.45, 7) is 4.68. The molecule has 2 N–H and O–H groups in total. The molecule has 6 nitrogen and oxygen atoms in total. The van der Waals surface area contributed by atoms with Crippen molar-refractivity contribution >= 4 is 16.0 Å². The molecule has 0 spiro atoms. The van der Waals surface area contributed by atoms with E-state index in [-0.39, 0.29) is 0 Å². The second-order valence-corrected chi connectivity index (χ2v) is 9.37.